The Bertz CT molecular complexity index is 362. The van der Waals surface area contributed by atoms with Gasteiger partial charge in [0.2, 0.25) is 0 Å². The lowest BCUT2D eigenvalue weighted by atomic mass is 10.1. The monoisotopic (exact) mass is 422 g/mol. The third-order valence-corrected chi connectivity index (χ3v) is 5.90. The molecule has 0 aliphatic carbocycles. The normalized spacial score (nSPS) is 11.4. The van der Waals surface area contributed by atoms with Crippen molar-refractivity contribution in [2.75, 3.05) is 6.61 Å². The van der Waals surface area contributed by atoms with Crippen LogP contribution in [-0.2, 0) is 9.53 Å². The van der Waals surface area contributed by atoms with Crippen molar-refractivity contribution in [1.29, 1.82) is 0 Å². The van der Waals surface area contributed by atoms with Gasteiger partial charge in [0.1, 0.15) is 0 Å². The summed E-state index contributed by atoms with van der Waals surface area (Å²) >= 11 is 0. The standard InChI is InChI=1S/C28H54O2/c1-3-5-7-9-11-13-14-15-16-17-18-19-20-22-24-26-28(29)30-27-25-23-21-12-10-8-6-4-2/h15-16H,3-14,17-27H2,1-2H3/b16-15+. The average molecular weight is 423 g/mol. The molecule has 0 spiro atoms. The maximum Gasteiger partial charge on any atom is 0.305 e. The molecule has 0 rings (SSSR count). The zero-order valence-electron chi connectivity index (χ0n) is 20.7. The largest absolute Gasteiger partial charge is 0.466 e. The fraction of sp³-hybridized carbons (Fsp3) is 0.893. The van der Waals surface area contributed by atoms with Crippen molar-refractivity contribution in [3.63, 3.8) is 0 Å². The van der Waals surface area contributed by atoms with Gasteiger partial charge in [0.25, 0.3) is 0 Å². The molecule has 2 nitrogen and oxygen atoms in total. The van der Waals surface area contributed by atoms with Gasteiger partial charge in [0.05, 0.1) is 6.61 Å². The molecule has 0 atom stereocenters. The summed E-state index contributed by atoms with van der Waals surface area (Å²) in [6.07, 6.45) is 32.4. The molecular formula is C28H54O2. The Labute approximate surface area is 189 Å². The molecule has 0 bridgehead atoms. The van der Waals surface area contributed by atoms with Gasteiger partial charge in [0, 0.05) is 6.42 Å². The van der Waals surface area contributed by atoms with Crippen molar-refractivity contribution < 1.29 is 9.53 Å². The molecule has 0 unspecified atom stereocenters. The Morgan fingerprint density at radius 1 is 0.533 bits per heavy atom. The Hall–Kier alpha value is -0.790. The molecule has 0 amide bonds. The van der Waals surface area contributed by atoms with Crippen LogP contribution in [0.4, 0.5) is 0 Å². The van der Waals surface area contributed by atoms with E-state index in [2.05, 4.69) is 26.0 Å². The van der Waals surface area contributed by atoms with E-state index in [0.717, 1.165) is 19.3 Å². The number of allylic oxidation sites excluding steroid dienone is 2. The van der Waals surface area contributed by atoms with E-state index in [1.165, 1.54) is 116 Å². The number of ether oxygens (including phenoxy) is 1. The van der Waals surface area contributed by atoms with Crippen molar-refractivity contribution in [3.8, 4) is 0 Å². The fourth-order valence-electron chi connectivity index (χ4n) is 3.83. The molecule has 0 radical (unpaired) electrons. The highest BCUT2D eigenvalue weighted by Gasteiger charge is 2.02. The second-order valence-corrected chi connectivity index (χ2v) is 9.03. The fourth-order valence-corrected chi connectivity index (χ4v) is 3.83. The van der Waals surface area contributed by atoms with Crippen LogP contribution in [0.3, 0.4) is 0 Å². The topological polar surface area (TPSA) is 26.3 Å². The number of carbonyl (C=O) groups excluding carboxylic acids is 1. The predicted molar refractivity (Wildman–Crippen MR) is 133 cm³/mol. The average Bonchev–Trinajstić information content (AvgIpc) is 2.75. The minimum Gasteiger partial charge on any atom is -0.466 e. The maximum absolute atomic E-state index is 11.8. The van der Waals surface area contributed by atoms with Crippen molar-refractivity contribution in [2.45, 2.75) is 155 Å². The molecule has 0 saturated heterocycles. The first-order valence-electron chi connectivity index (χ1n) is 13.6. The Morgan fingerprint density at radius 2 is 0.933 bits per heavy atom. The van der Waals surface area contributed by atoms with E-state index in [1.54, 1.807) is 0 Å². The molecule has 0 aromatic rings. The lowest BCUT2D eigenvalue weighted by Gasteiger charge is -2.05. The van der Waals surface area contributed by atoms with Crippen LogP contribution < -0.4 is 0 Å². The van der Waals surface area contributed by atoms with E-state index in [9.17, 15) is 4.79 Å². The van der Waals surface area contributed by atoms with Gasteiger partial charge < -0.3 is 4.74 Å². The summed E-state index contributed by atoms with van der Waals surface area (Å²) in [5.41, 5.74) is 0. The SMILES string of the molecule is CCCCCCCC/C=C/CCCCCCCC(=O)OCCCCCCCCCC. The predicted octanol–water partition coefficient (Wildman–Crippen LogP) is 9.71. The van der Waals surface area contributed by atoms with Crippen molar-refractivity contribution >= 4 is 5.97 Å². The molecule has 0 saturated carbocycles. The lowest BCUT2D eigenvalue weighted by molar-refractivity contribution is -0.143. The molecule has 0 aliphatic heterocycles. The number of esters is 1. The Morgan fingerprint density at radius 3 is 1.43 bits per heavy atom. The first kappa shape index (κ1) is 29.2. The molecule has 0 N–H and O–H groups in total. The first-order valence-corrected chi connectivity index (χ1v) is 13.6. The van der Waals surface area contributed by atoms with Gasteiger partial charge in [-0.3, -0.25) is 4.79 Å². The summed E-state index contributed by atoms with van der Waals surface area (Å²) in [7, 11) is 0. The highest BCUT2D eigenvalue weighted by molar-refractivity contribution is 5.69. The minimum atomic E-state index is 0.00979. The van der Waals surface area contributed by atoms with Gasteiger partial charge in [-0.15, -0.1) is 0 Å². The van der Waals surface area contributed by atoms with Crippen LogP contribution in [0.1, 0.15) is 155 Å². The van der Waals surface area contributed by atoms with Crippen LogP contribution in [0.15, 0.2) is 12.2 Å². The third-order valence-electron chi connectivity index (χ3n) is 5.90. The number of unbranched alkanes of at least 4 members (excludes halogenated alkanes) is 18. The van der Waals surface area contributed by atoms with Crippen molar-refractivity contribution in [3.05, 3.63) is 12.2 Å². The molecule has 178 valence electrons. The van der Waals surface area contributed by atoms with E-state index in [1.807, 2.05) is 0 Å². The molecular weight excluding hydrogens is 368 g/mol. The van der Waals surface area contributed by atoms with Crippen LogP contribution in [0.25, 0.3) is 0 Å². The summed E-state index contributed by atoms with van der Waals surface area (Å²) in [5, 5.41) is 0. The summed E-state index contributed by atoms with van der Waals surface area (Å²) < 4.78 is 5.36. The highest BCUT2D eigenvalue weighted by atomic mass is 16.5. The van der Waals surface area contributed by atoms with Gasteiger partial charge >= 0.3 is 5.97 Å². The number of hydrogen-bond donors (Lipinski definition) is 0. The van der Waals surface area contributed by atoms with Crippen LogP contribution >= 0.6 is 0 Å². The van der Waals surface area contributed by atoms with Gasteiger partial charge in [0.15, 0.2) is 0 Å². The summed E-state index contributed by atoms with van der Waals surface area (Å²) in [4.78, 5) is 11.8. The van der Waals surface area contributed by atoms with Gasteiger partial charge in [-0.05, 0) is 38.5 Å². The van der Waals surface area contributed by atoms with Crippen LogP contribution in [-0.4, -0.2) is 12.6 Å². The Balaban J connectivity index is 3.20. The molecule has 0 heterocycles. The van der Waals surface area contributed by atoms with Gasteiger partial charge in [-0.1, -0.05) is 122 Å². The van der Waals surface area contributed by atoms with E-state index in [4.69, 9.17) is 4.74 Å². The lowest BCUT2D eigenvalue weighted by Crippen LogP contribution is -2.05. The second kappa shape index (κ2) is 26.2. The summed E-state index contributed by atoms with van der Waals surface area (Å²) in [6.45, 7) is 5.15. The van der Waals surface area contributed by atoms with Crippen LogP contribution in [0, 0.1) is 0 Å². The molecule has 0 fully saturated rings. The number of hydrogen-bond acceptors (Lipinski definition) is 2. The summed E-state index contributed by atoms with van der Waals surface area (Å²) in [5.74, 6) is 0.00979. The van der Waals surface area contributed by atoms with Crippen molar-refractivity contribution in [1.82, 2.24) is 0 Å². The first-order chi connectivity index (χ1) is 14.8. The summed E-state index contributed by atoms with van der Waals surface area (Å²) in [6, 6.07) is 0. The van der Waals surface area contributed by atoms with Gasteiger partial charge in [-0.25, -0.2) is 0 Å². The second-order valence-electron chi connectivity index (χ2n) is 9.03. The zero-order valence-corrected chi connectivity index (χ0v) is 20.7. The van der Waals surface area contributed by atoms with E-state index < -0.39 is 0 Å². The van der Waals surface area contributed by atoms with Crippen molar-refractivity contribution in [2.24, 2.45) is 0 Å². The zero-order chi connectivity index (χ0) is 22.0. The van der Waals surface area contributed by atoms with Crippen LogP contribution in [0.2, 0.25) is 0 Å². The molecule has 30 heavy (non-hydrogen) atoms. The molecule has 0 aromatic heterocycles. The Kier molecular flexibility index (Phi) is 25.6. The van der Waals surface area contributed by atoms with E-state index in [0.29, 0.717) is 13.0 Å². The number of carbonyl (C=O) groups is 1. The van der Waals surface area contributed by atoms with E-state index >= 15 is 0 Å². The smallest absolute Gasteiger partial charge is 0.305 e. The quantitative estimate of drug-likeness (QED) is 0.0878. The maximum atomic E-state index is 11.8. The number of rotatable bonds is 24. The minimum absolute atomic E-state index is 0.00979. The molecule has 0 aromatic carbocycles. The third kappa shape index (κ3) is 25.2. The molecule has 2 heteroatoms. The van der Waals surface area contributed by atoms with E-state index in [-0.39, 0.29) is 5.97 Å². The van der Waals surface area contributed by atoms with Gasteiger partial charge in [-0.2, -0.15) is 0 Å². The highest BCUT2D eigenvalue weighted by Crippen LogP contribution is 2.11. The molecule has 0 aliphatic rings. The van der Waals surface area contributed by atoms with Crippen LogP contribution in [0.5, 0.6) is 0 Å².